The second-order valence-electron chi connectivity index (χ2n) is 4.50. The third-order valence-corrected chi connectivity index (χ3v) is 2.96. The first-order valence-corrected chi connectivity index (χ1v) is 5.80. The highest BCUT2D eigenvalue weighted by Crippen LogP contribution is 2.25. The quantitative estimate of drug-likeness (QED) is 0.832. The molecule has 0 saturated carbocycles. The number of hydrogen-bond acceptors (Lipinski definition) is 2. The molecule has 1 heterocycles. The SMILES string of the molecule is CC(C)c1ccc(F)c(C2CNCCO2)c1. The molecule has 1 fully saturated rings. The van der Waals surface area contributed by atoms with Crippen molar-refractivity contribution in [2.45, 2.75) is 25.9 Å². The van der Waals surface area contributed by atoms with Gasteiger partial charge < -0.3 is 10.1 Å². The van der Waals surface area contributed by atoms with Crippen molar-refractivity contribution in [2.75, 3.05) is 19.7 Å². The molecule has 2 rings (SSSR count). The van der Waals surface area contributed by atoms with Crippen LogP contribution in [-0.4, -0.2) is 19.7 Å². The summed E-state index contributed by atoms with van der Waals surface area (Å²) in [6, 6.07) is 5.32. The van der Waals surface area contributed by atoms with Gasteiger partial charge in [0.25, 0.3) is 0 Å². The highest BCUT2D eigenvalue weighted by atomic mass is 19.1. The van der Waals surface area contributed by atoms with E-state index >= 15 is 0 Å². The van der Waals surface area contributed by atoms with Gasteiger partial charge >= 0.3 is 0 Å². The summed E-state index contributed by atoms with van der Waals surface area (Å²) in [5.41, 5.74) is 1.84. The Bertz CT molecular complexity index is 359. The second kappa shape index (κ2) is 4.93. The van der Waals surface area contributed by atoms with E-state index < -0.39 is 0 Å². The minimum atomic E-state index is -0.168. The van der Waals surface area contributed by atoms with E-state index in [1.807, 2.05) is 12.1 Å². The van der Waals surface area contributed by atoms with Crippen LogP contribution in [0, 0.1) is 5.82 Å². The van der Waals surface area contributed by atoms with Gasteiger partial charge in [-0.15, -0.1) is 0 Å². The molecule has 16 heavy (non-hydrogen) atoms. The number of ether oxygens (including phenoxy) is 1. The Morgan fingerprint density at radius 2 is 2.25 bits per heavy atom. The summed E-state index contributed by atoms with van der Waals surface area (Å²) in [5.74, 6) is 0.244. The molecule has 0 spiro atoms. The molecule has 1 aliphatic rings. The minimum Gasteiger partial charge on any atom is -0.371 e. The third kappa shape index (κ3) is 2.42. The predicted molar refractivity (Wildman–Crippen MR) is 62.1 cm³/mol. The van der Waals surface area contributed by atoms with Crippen LogP contribution >= 0.6 is 0 Å². The first kappa shape index (κ1) is 11.6. The lowest BCUT2D eigenvalue weighted by molar-refractivity contribution is 0.0255. The Hall–Kier alpha value is -0.930. The maximum absolute atomic E-state index is 13.7. The molecule has 1 N–H and O–H groups in total. The Labute approximate surface area is 95.8 Å². The van der Waals surface area contributed by atoms with Gasteiger partial charge in [-0.3, -0.25) is 0 Å². The molecule has 3 heteroatoms. The maximum atomic E-state index is 13.7. The summed E-state index contributed by atoms with van der Waals surface area (Å²) in [6.45, 7) is 6.41. The molecular formula is C13H18FNO. The van der Waals surface area contributed by atoms with Crippen LogP contribution in [0.1, 0.15) is 37.0 Å². The molecule has 2 nitrogen and oxygen atoms in total. The largest absolute Gasteiger partial charge is 0.371 e. The van der Waals surface area contributed by atoms with Crippen LogP contribution in [0.3, 0.4) is 0 Å². The molecule has 1 unspecified atom stereocenters. The summed E-state index contributed by atoms with van der Waals surface area (Å²) in [4.78, 5) is 0. The van der Waals surface area contributed by atoms with Crippen molar-refractivity contribution >= 4 is 0 Å². The van der Waals surface area contributed by atoms with Crippen LogP contribution in [0.15, 0.2) is 18.2 Å². The fraction of sp³-hybridized carbons (Fsp3) is 0.538. The standard InChI is InChI=1S/C13H18FNO/c1-9(2)10-3-4-12(14)11(7-10)13-8-15-5-6-16-13/h3-4,7,9,13,15H,5-6,8H2,1-2H3. The lowest BCUT2D eigenvalue weighted by atomic mass is 9.98. The van der Waals surface area contributed by atoms with Crippen LogP contribution < -0.4 is 5.32 Å². The van der Waals surface area contributed by atoms with Gasteiger partial charge in [0, 0.05) is 18.7 Å². The summed E-state index contributed by atoms with van der Waals surface area (Å²) in [7, 11) is 0. The van der Waals surface area contributed by atoms with Gasteiger partial charge in [-0.1, -0.05) is 19.9 Å². The molecule has 0 bridgehead atoms. The molecule has 0 radical (unpaired) electrons. The molecule has 88 valence electrons. The Morgan fingerprint density at radius 3 is 2.88 bits per heavy atom. The molecule has 0 amide bonds. The fourth-order valence-corrected chi connectivity index (χ4v) is 1.93. The van der Waals surface area contributed by atoms with Crippen molar-refractivity contribution < 1.29 is 9.13 Å². The fourth-order valence-electron chi connectivity index (χ4n) is 1.93. The van der Waals surface area contributed by atoms with Gasteiger partial charge in [-0.2, -0.15) is 0 Å². The predicted octanol–water partition coefficient (Wildman–Crippen LogP) is 2.61. The van der Waals surface area contributed by atoms with Crippen molar-refractivity contribution in [2.24, 2.45) is 0 Å². The third-order valence-electron chi connectivity index (χ3n) is 2.96. The maximum Gasteiger partial charge on any atom is 0.129 e. The van der Waals surface area contributed by atoms with Crippen LogP contribution in [-0.2, 0) is 4.74 Å². The van der Waals surface area contributed by atoms with Gasteiger partial charge in [0.05, 0.1) is 12.7 Å². The number of benzene rings is 1. The van der Waals surface area contributed by atoms with Gasteiger partial charge in [-0.25, -0.2) is 4.39 Å². The molecule has 1 aliphatic heterocycles. The van der Waals surface area contributed by atoms with Gasteiger partial charge in [0.15, 0.2) is 0 Å². The van der Waals surface area contributed by atoms with Crippen LogP contribution in [0.2, 0.25) is 0 Å². The lowest BCUT2D eigenvalue weighted by Crippen LogP contribution is -2.33. The van der Waals surface area contributed by atoms with Gasteiger partial charge in [0.2, 0.25) is 0 Å². The molecular weight excluding hydrogens is 205 g/mol. The molecule has 0 aliphatic carbocycles. The first-order chi connectivity index (χ1) is 7.68. The van der Waals surface area contributed by atoms with Crippen LogP contribution in [0.5, 0.6) is 0 Å². The highest BCUT2D eigenvalue weighted by molar-refractivity contribution is 5.29. The zero-order valence-electron chi connectivity index (χ0n) is 9.79. The van der Waals surface area contributed by atoms with E-state index in [0.29, 0.717) is 24.6 Å². The topological polar surface area (TPSA) is 21.3 Å². The van der Waals surface area contributed by atoms with E-state index in [-0.39, 0.29) is 11.9 Å². The molecule has 1 atom stereocenters. The number of rotatable bonds is 2. The van der Waals surface area contributed by atoms with Crippen molar-refractivity contribution in [3.05, 3.63) is 35.1 Å². The lowest BCUT2D eigenvalue weighted by Gasteiger charge is -2.25. The Kier molecular flexibility index (Phi) is 3.56. The van der Waals surface area contributed by atoms with E-state index in [0.717, 1.165) is 12.1 Å². The van der Waals surface area contributed by atoms with Crippen molar-refractivity contribution in [1.29, 1.82) is 0 Å². The Balaban J connectivity index is 2.27. The molecule has 1 aromatic rings. The first-order valence-electron chi connectivity index (χ1n) is 5.80. The summed E-state index contributed by atoms with van der Waals surface area (Å²) < 4.78 is 19.3. The number of nitrogens with one attached hydrogen (secondary N) is 1. The average molecular weight is 223 g/mol. The molecule has 1 saturated heterocycles. The van der Waals surface area contributed by atoms with Crippen molar-refractivity contribution in [1.82, 2.24) is 5.32 Å². The van der Waals surface area contributed by atoms with E-state index in [9.17, 15) is 4.39 Å². The normalized spacial score (nSPS) is 21.4. The number of hydrogen-bond donors (Lipinski definition) is 1. The smallest absolute Gasteiger partial charge is 0.129 e. The van der Waals surface area contributed by atoms with E-state index in [1.165, 1.54) is 0 Å². The van der Waals surface area contributed by atoms with Crippen LogP contribution in [0.4, 0.5) is 4.39 Å². The summed E-state index contributed by atoms with van der Waals surface area (Å²) >= 11 is 0. The monoisotopic (exact) mass is 223 g/mol. The summed E-state index contributed by atoms with van der Waals surface area (Å²) in [6.07, 6.45) is -0.146. The minimum absolute atomic E-state index is 0.146. The summed E-state index contributed by atoms with van der Waals surface area (Å²) in [5, 5.41) is 3.22. The van der Waals surface area contributed by atoms with E-state index in [4.69, 9.17) is 4.74 Å². The van der Waals surface area contributed by atoms with E-state index in [1.54, 1.807) is 6.07 Å². The molecule has 1 aromatic carbocycles. The number of morpholine rings is 1. The zero-order chi connectivity index (χ0) is 11.5. The number of halogens is 1. The van der Waals surface area contributed by atoms with Gasteiger partial charge in [0.1, 0.15) is 5.82 Å². The molecule has 0 aromatic heterocycles. The van der Waals surface area contributed by atoms with Crippen molar-refractivity contribution in [3.8, 4) is 0 Å². The zero-order valence-corrected chi connectivity index (χ0v) is 9.79. The van der Waals surface area contributed by atoms with Crippen LogP contribution in [0.25, 0.3) is 0 Å². The van der Waals surface area contributed by atoms with Gasteiger partial charge in [-0.05, 0) is 23.6 Å². The second-order valence-corrected chi connectivity index (χ2v) is 4.50. The van der Waals surface area contributed by atoms with E-state index in [2.05, 4.69) is 19.2 Å². The highest BCUT2D eigenvalue weighted by Gasteiger charge is 2.19. The van der Waals surface area contributed by atoms with Crippen molar-refractivity contribution in [3.63, 3.8) is 0 Å². The Morgan fingerprint density at radius 1 is 1.44 bits per heavy atom. The average Bonchev–Trinajstić information content (AvgIpc) is 2.30.